The summed E-state index contributed by atoms with van der Waals surface area (Å²) < 4.78 is 37.3. The van der Waals surface area contributed by atoms with Crippen LogP contribution in [0.5, 0.6) is 11.5 Å². The molecule has 2 atom stereocenters. The summed E-state index contributed by atoms with van der Waals surface area (Å²) in [6, 6.07) is 27.1. The molecule has 0 saturated carbocycles. The quantitative estimate of drug-likeness (QED) is 0.218. The molecule has 7 nitrogen and oxygen atoms in total. The summed E-state index contributed by atoms with van der Waals surface area (Å²) in [6.07, 6.45) is -0.747. The molecule has 3 N–H and O–H groups in total. The number of fused-ring (bicyclic) bond motifs is 3. The monoisotopic (exact) mass is 530 g/mol. The largest absolute Gasteiger partial charge is 0.497 e. The van der Waals surface area contributed by atoms with E-state index in [-0.39, 0.29) is 9.79 Å². The van der Waals surface area contributed by atoms with E-state index in [1.807, 2.05) is 54.6 Å². The molecular weight excluding hydrogens is 500 g/mol. The molecule has 8 heteroatoms. The number of rotatable bonds is 10. The number of benzene rings is 4. The second-order valence-electron chi connectivity index (χ2n) is 9.16. The molecule has 38 heavy (non-hydrogen) atoms. The van der Waals surface area contributed by atoms with Gasteiger partial charge in [-0.2, -0.15) is 0 Å². The van der Waals surface area contributed by atoms with E-state index in [0.717, 1.165) is 27.4 Å². The van der Waals surface area contributed by atoms with E-state index in [9.17, 15) is 13.5 Å². The maximum atomic E-state index is 13.0. The number of ether oxygens (including phenoxy) is 2. The first kappa shape index (κ1) is 25.8. The van der Waals surface area contributed by atoms with Crippen LogP contribution in [0.3, 0.4) is 0 Å². The fourth-order valence-electron chi connectivity index (χ4n) is 4.50. The predicted octanol–water partition coefficient (Wildman–Crippen LogP) is 5.08. The highest BCUT2D eigenvalue weighted by Crippen LogP contribution is 2.33. The van der Waals surface area contributed by atoms with Gasteiger partial charge in [0.05, 0.1) is 22.4 Å². The molecule has 2 unspecified atom stereocenters. The maximum absolute atomic E-state index is 13.0. The second-order valence-corrected chi connectivity index (χ2v) is 11.1. The first-order valence-electron chi connectivity index (χ1n) is 12.4. The number of hydrogen-bond donors (Lipinski definition) is 3. The van der Waals surface area contributed by atoms with Gasteiger partial charge in [-0.3, -0.25) is 5.32 Å². The number of methoxy groups -OCH3 is 1. The molecule has 1 heterocycles. The third-order valence-corrected chi connectivity index (χ3v) is 8.33. The molecule has 0 amide bonds. The van der Waals surface area contributed by atoms with E-state index < -0.39 is 22.2 Å². The Bertz CT molecular complexity index is 1640. The number of sulfone groups is 1. The van der Waals surface area contributed by atoms with Crippen molar-refractivity contribution in [1.82, 2.24) is 10.3 Å². The molecule has 5 rings (SSSR count). The van der Waals surface area contributed by atoms with Gasteiger partial charge in [0.1, 0.15) is 17.6 Å². The maximum Gasteiger partial charge on any atom is 0.206 e. The lowest BCUT2D eigenvalue weighted by Gasteiger charge is -2.23. The molecular formula is C30H30N2O5S. The van der Waals surface area contributed by atoms with Gasteiger partial charge in [0, 0.05) is 22.8 Å². The van der Waals surface area contributed by atoms with E-state index in [4.69, 9.17) is 9.47 Å². The summed E-state index contributed by atoms with van der Waals surface area (Å²) >= 11 is 0. The lowest BCUT2D eigenvalue weighted by atomic mass is 10.1. The van der Waals surface area contributed by atoms with Gasteiger partial charge in [0.15, 0.2) is 6.23 Å². The third kappa shape index (κ3) is 5.24. The summed E-state index contributed by atoms with van der Waals surface area (Å²) in [5.74, 6) is 1.29. The third-order valence-electron chi connectivity index (χ3n) is 6.55. The highest BCUT2D eigenvalue weighted by atomic mass is 32.2. The Hall–Kier alpha value is -3.85. The van der Waals surface area contributed by atoms with E-state index >= 15 is 0 Å². The Morgan fingerprint density at radius 3 is 2.21 bits per heavy atom. The first-order valence-corrected chi connectivity index (χ1v) is 13.9. The molecule has 5 aromatic rings. The summed E-state index contributed by atoms with van der Waals surface area (Å²) in [7, 11) is -2.08. The highest BCUT2D eigenvalue weighted by Gasteiger charge is 2.20. The first-order chi connectivity index (χ1) is 18.4. The number of aliphatic hydroxyl groups excluding tert-OH is 1. The van der Waals surface area contributed by atoms with Crippen LogP contribution in [0, 0.1) is 0 Å². The SMILES string of the molecule is COc1ccc(S(=O)(=O)c2ccc(CCNC(Oc3cccc4[nH]c5ccccc5c34)C(C)O)cc2)cc1. The normalized spacial score (nSPS) is 13.4. The van der Waals surface area contributed by atoms with Crippen molar-refractivity contribution < 1.29 is 23.0 Å². The molecule has 0 aliphatic rings. The van der Waals surface area contributed by atoms with Gasteiger partial charge < -0.3 is 19.6 Å². The average molecular weight is 531 g/mol. The molecule has 0 spiro atoms. The van der Waals surface area contributed by atoms with Crippen LogP contribution >= 0.6 is 0 Å². The summed E-state index contributed by atoms with van der Waals surface area (Å²) in [5.41, 5.74) is 2.96. The van der Waals surface area contributed by atoms with Crippen LogP contribution in [0.1, 0.15) is 12.5 Å². The van der Waals surface area contributed by atoms with Gasteiger partial charge in [0.2, 0.25) is 9.84 Å². The fourth-order valence-corrected chi connectivity index (χ4v) is 5.76. The number of nitrogens with one attached hydrogen (secondary N) is 2. The molecule has 1 aromatic heterocycles. The number of aromatic amines is 1. The van der Waals surface area contributed by atoms with E-state index in [1.165, 1.54) is 7.11 Å². The number of hydrogen-bond acceptors (Lipinski definition) is 6. The summed E-state index contributed by atoms with van der Waals surface area (Å²) in [6.45, 7) is 2.22. The second kappa shape index (κ2) is 10.9. The molecule has 0 fully saturated rings. The molecule has 0 saturated heterocycles. The van der Waals surface area contributed by atoms with Crippen molar-refractivity contribution in [2.75, 3.05) is 13.7 Å². The molecule has 4 aromatic carbocycles. The molecule has 0 bridgehead atoms. The van der Waals surface area contributed by atoms with Gasteiger partial charge >= 0.3 is 0 Å². The minimum atomic E-state index is -3.62. The Morgan fingerprint density at radius 1 is 0.868 bits per heavy atom. The van der Waals surface area contributed by atoms with E-state index in [1.54, 1.807) is 43.3 Å². The number of aliphatic hydroxyl groups is 1. The number of para-hydroxylation sites is 1. The zero-order valence-corrected chi connectivity index (χ0v) is 22.0. The van der Waals surface area contributed by atoms with Gasteiger partial charge in [-0.1, -0.05) is 36.4 Å². The van der Waals surface area contributed by atoms with Crippen molar-refractivity contribution in [3.63, 3.8) is 0 Å². The van der Waals surface area contributed by atoms with E-state index in [0.29, 0.717) is 24.5 Å². The van der Waals surface area contributed by atoms with Crippen molar-refractivity contribution in [3.8, 4) is 11.5 Å². The lowest BCUT2D eigenvalue weighted by molar-refractivity contribution is 0.0284. The van der Waals surface area contributed by atoms with Gasteiger partial charge in [-0.25, -0.2) is 8.42 Å². The van der Waals surface area contributed by atoms with Crippen molar-refractivity contribution in [1.29, 1.82) is 0 Å². The van der Waals surface area contributed by atoms with Crippen molar-refractivity contribution >= 4 is 31.6 Å². The summed E-state index contributed by atoms with van der Waals surface area (Å²) in [5, 5.41) is 15.7. The van der Waals surface area contributed by atoms with Gasteiger partial charge in [0.25, 0.3) is 0 Å². The van der Waals surface area contributed by atoms with Gasteiger partial charge in [-0.15, -0.1) is 0 Å². The molecule has 0 radical (unpaired) electrons. The minimum absolute atomic E-state index is 0.217. The Labute approximate surface area is 222 Å². The van der Waals surface area contributed by atoms with Crippen LogP contribution < -0.4 is 14.8 Å². The minimum Gasteiger partial charge on any atom is -0.497 e. The van der Waals surface area contributed by atoms with Crippen molar-refractivity contribution in [3.05, 3.63) is 96.6 Å². The fraction of sp³-hybridized carbons (Fsp3) is 0.200. The topological polar surface area (TPSA) is 101 Å². The van der Waals surface area contributed by atoms with Crippen molar-refractivity contribution in [2.24, 2.45) is 0 Å². The average Bonchev–Trinajstić information content (AvgIpc) is 3.32. The van der Waals surface area contributed by atoms with Crippen LogP contribution in [-0.4, -0.2) is 44.5 Å². The Balaban J connectivity index is 1.25. The van der Waals surface area contributed by atoms with Crippen LogP contribution in [0.25, 0.3) is 21.8 Å². The zero-order valence-electron chi connectivity index (χ0n) is 21.2. The molecule has 196 valence electrons. The summed E-state index contributed by atoms with van der Waals surface area (Å²) in [4.78, 5) is 3.86. The van der Waals surface area contributed by atoms with E-state index in [2.05, 4.69) is 10.3 Å². The standard InChI is InChI=1S/C30H30N2O5S/c1-20(33)30(37-28-9-5-8-27-29(28)25-6-3-4-7-26(25)32-27)31-19-18-21-10-14-23(15-11-21)38(34,35)24-16-12-22(36-2)13-17-24/h3-17,20,30-33H,18-19H2,1-2H3. The zero-order chi connectivity index (χ0) is 26.7. The molecule has 0 aliphatic carbocycles. The van der Waals surface area contributed by atoms with Crippen LogP contribution in [-0.2, 0) is 16.3 Å². The predicted molar refractivity (Wildman–Crippen MR) is 148 cm³/mol. The number of aromatic nitrogens is 1. The Morgan fingerprint density at radius 2 is 1.53 bits per heavy atom. The Kier molecular flexibility index (Phi) is 7.37. The highest BCUT2D eigenvalue weighted by molar-refractivity contribution is 7.91. The van der Waals surface area contributed by atoms with Crippen LogP contribution in [0.2, 0.25) is 0 Å². The smallest absolute Gasteiger partial charge is 0.206 e. The van der Waals surface area contributed by atoms with Crippen LogP contribution in [0.15, 0.2) is 101 Å². The lowest BCUT2D eigenvalue weighted by Crippen LogP contribution is -2.44. The van der Waals surface area contributed by atoms with Crippen LogP contribution in [0.4, 0.5) is 0 Å². The van der Waals surface area contributed by atoms with Gasteiger partial charge in [-0.05, 0) is 73.5 Å². The molecule has 0 aliphatic heterocycles. The number of H-pyrrole nitrogens is 1. The van der Waals surface area contributed by atoms with Crippen molar-refractivity contribution in [2.45, 2.75) is 35.5 Å².